The highest BCUT2D eigenvalue weighted by atomic mass is 32.1. The second-order valence-electron chi connectivity index (χ2n) is 10.5. The van der Waals surface area contributed by atoms with Crippen molar-refractivity contribution in [3.8, 4) is 22.3 Å². The Kier molecular flexibility index (Phi) is 2.68. The first-order valence-electron chi connectivity index (χ1n) is 30.1. The summed E-state index contributed by atoms with van der Waals surface area (Å²) >= 11 is 0.510. The van der Waals surface area contributed by atoms with Crippen molar-refractivity contribution in [2.75, 3.05) is 4.90 Å². The van der Waals surface area contributed by atoms with Gasteiger partial charge in [-0.15, -0.1) is 11.3 Å². The van der Waals surface area contributed by atoms with Gasteiger partial charge in [0.15, 0.2) is 0 Å². The lowest BCUT2D eigenvalue weighted by molar-refractivity contribution is 1.29. The van der Waals surface area contributed by atoms with Crippen molar-refractivity contribution in [2.45, 2.75) is 0 Å². The molecule has 2 heteroatoms. The Hall–Kier alpha value is -6.22. The molecule has 0 saturated carbocycles. The van der Waals surface area contributed by atoms with Crippen molar-refractivity contribution in [3.05, 3.63) is 187 Å². The van der Waals surface area contributed by atoms with E-state index in [9.17, 15) is 15.1 Å². The number of benzene rings is 9. The van der Waals surface area contributed by atoms with Gasteiger partial charge in [-0.3, -0.25) is 0 Å². The van der Waals surface area contributed by atoms with Crippen molar-refractivity contribution < 1.29 is 42.5 Å². The molecule has 0 N–H and O–H groups in total. The third-order valence-electron chi connectivity index (χ3n) is 7.76. The average Bonchev–Trinajstić information content (AvgIpc) is 4.08. The zero-order valence-corrected chi connectivity index (χ0v) is 25.7. The van der Waals surface area contributed by atoms with Gasteiger partial charge in [-0.1, -0.05) is 139 Å². The molecule has 0 aliphatic rings. The lowest BCUT2D eigenvalue weighted by atomic mass is 9.92. The Bertz CT molecular complexity index is 4590. The summed E-state index contributed by atoms with van der Waals surface area (Å²) < 4.78 is 279. The van der Waals surface area contributed by atoms with Gasteiger partial charge < -0.3 is 4.90 Å². The van der Waals surface area contributed by atoms with E-state index < -0.39 is 274 Å². The van der Waals surface area contributed by atoms with E-state index in [1.54, 1.807) is 0 Å². The quantitative estimate of drug-likeness (QED) is 0.174. The molecular weight excluding hydrogens is 623 g/mol. The molecular formula is C48H31NS. The molecule has 0 aliphatic heterocycles. The number of anilines is 3. The van der Waals surface area contributed by atoms with Crippen molar-refractivity contribution >= 4 is 80.9 Å². The van der Waals surface area contributed by atoms with Crippen LogP contribution in [0.2, 0.25) is 0 Å². The van der Waals surface area contributed by atoms with E-state index in [-0.39, 0.29) is 4.70 Å². The lowest BCUT2D eigenvalue weighted by Gasteiger charge is -2.26. The highest BCUT2D eigenvalue weighted by Crippen LogP contribution is 2.47. The Morgan fingerprint density at radius 3 is 1.68 bits per heavy atom. The van der Waals surface area contributed by atoms with Crippen molar-refractivity contribution in [3.63, 3.8) is 0 Å². The summed E-state index contributed by atoms with van der Waals surface area (Å²) in [4.78, 5) is 0.401. The van der Waals surface area contributed by atoms with Crippen molar-refractivity contribution in [2.24, 2.45) is 0 Å². The molecule has 234 valence electrons. The lowest BCUT2D eigenvalue weighted by Crippen LogP contribution is -2.09. The first-order chi connectivity index (χ1) is 37.7. The van der Waals surface area contributed by atoms with Crippen LogP contribution in [-0.4, -0.2) is 0 Å². The van der Waals surface area contributed by atoms with Crippen LogP contribution in [0.15, 0.2) is 187 Å². The van der Waals surface area contributed by atoms with E-state index in [1.807, 2.05) is 0 Å². The van der Waals surface area contributed by atoms with Gasteiger partial charge in [0.2, 0.25) is 0 Å². The smallest absolute Gasteiger partial charge is 0.0652 e. The molecule has 50 heavy (non-hydrogen) atoms. The average molecular weight is 685 g/mol. The fourth-order valence-electron chi connectivity index (χ4n) is 5.62. The molecule has 1 aromatic heterocycles. The molecule has 10 aromatic rings. The van der Waals surface area contributed by atoms with E-state index in [0.717, 1.165) is 0 Å². The zero-order valence-electron chi connectivity index (χ0n) is 55.9. The summed E-state index contributed by atoms with van der Waals surface area (Å²) in [6.45, 7) is 0. The first kappa shape index (κ1) is 11.4. The maximum Gasteiger partial charge on any atom is 0.0652 e. The summed E-state index contributed by atoms with van der Waals surface area (Å²) in [5.74, 6) is 0. The summed E-state index contributed by atoms with van der Waals surface area (Å²) in [5, 5.41) is -4.64. The second-order valence-corrected chi connectivity index (χ2v) is 11.5. The first-order valence-corrected chi connectivity index (χ1v) is 15.4. The summed E-state index contributed by atoms with van der Waals surface area (Å²) in [6.07, 6.45) is 0. The molecule has 0 fully saturated rings. The number of hydrogen-bond acceptors (Lipinski definition) is 2. The SMILES string of the molecule is [2H]c1c([2H])c([2H])c(N(c2c([2H])c([2H])c(-c3c([2H])c([2H])c([2H])c4c([2H])c([2H])c([2H])c([2H])c34)c([2H])c2[2H])c2c([2H])c([2H])c3sc4c5c([2H])c([2H])c([2H])c([2H])c5c([2H])c(-c5c([2H])c([2H])c([2H])c6c([2H])c([2H])c([2H])c([2H])c56)c4c3c2[2H])c([2H])c1[2H]. The van der Waals surface area contributed by atoms with Gasteiger partial charge in [0.05, 0.1) is 42.5 Å². The van der Waals surface area contributed by atoms with Gasteiger partial charge in [-0.2, -0.15) is 0 Å². The van der Waals surface area contributed by atoms with Gasteiger partial charge in [0.1, 0.15) is 0 Å². The number of nitrogens with zero attached hydrogens (tertiary/aromatic N) is 1. The third kappa shape index (κ3) is 4.69. The van der Waals surface area contributed by atoms with Crippen LogP contribution in [-0.2, 0) is 0 Å². The van der Waals surface area contributed by atoms with Gasteiger partial charge in [-0.05, 0) is 103 Å². The molecule has 0 amide bonds. The predicted octanol–water partition coefficient (Wildman–Crippen LogP) is 14.3. The standard InChI is InChI=1S/C48H31NS/c1-2-17-36(18-3-1)49(37-26-24-34(25-27-37)40-22-10-15-32-12-4-7-19-39(32)40)38-28-29-46-45(31-38)47-44(30-35-14-6-9-21-42(35)48(47)50-46)43-23-11-16-33-13-5-8-20-41(33)43/h1-31H/i1D,2D,3D,4D,5D,6D,7D,8D,9D,10D,11D,12D,13D,14D,15D,16D,17D,18D,19D,20D,21D,22D,23D,24D,25D,26D,27D,28D,29D,30D,31D. The van der Waals surface area contributed by atoms with Gasteiger partial charge >= 0.3 is 0 Å². The van der Waals surface area contributed by atoms with E-state index >= 15 is 0 Å². The van der Waals surface area contributed by atoms with Gasteiger partial charge in [0, 0.05) is 37.2 Å². The molecule has 10 rings (SSSR count). The van der Waals surface area contributed by atoms with Crippen LogP contribution >= 0.6 is 11.3 Å². The topological polar surface area (TPSA) is 3.24 Å². The normalized spacial score (nSPS) is 20.3. The van der Waals surface area contributed by atoms with Crippen LogP contribution < -0.4 is 4.90 Å². The molecule has 0 unspecified atom stereocenters. The Morgan fingerprint density at radius 2 is 0.940 bits per heavy atom. The maximum atomic E-state index is 10.2. The number of fused-ring (bicyclic) bond motifs is 7. The second kappa shape index (κ2) is 11.7. The molecule has 1 nitrogen and oxygen atoms in total. The number of thiophene rings is 1. The number of hydrogen-bond donors (Lipinski definition) is 0. The van der Waals surface area contributed by atoms with Crippen LogP contribution in [0.1, 0.15) is 42.5 Å². The maximum absolute atomic E-state index is 10.2. The molecule has 1 heterocycles. The number of rotatable bonds is 5. The minimum atomic E-state index is -1.25. The largest absolute Gasteiger partial charge is 0.310 e. The van der Waals surface area contributed by atoms with Crippen LogP contribution in [0.4, 0.5) is 17.1 Å². The third-order valence-corrected chi connectivity index (χ3v) is 8.88. The molecule has 0 atom stereocenters. The van der Waals surface area contributed by atoms with Crippen LogP contribution in [0.3, 0.4) is 0 Å². The van der Waals surface area contributed by atoms with Crippen LogP contribution in [0.5, 0.6) is 0 Å². The molecule has 0 bridgehead atoms. The van der Waals surface area contributed by atoms with E-state index in [2.05, 4.69) is 0 Å². The molecule has 0 saturated heterocycles. The van der Waals surface area contributed by atoms with Gasteiger partial charge in [-0.25, -0.2) is 0 Å². The summed E-state index contributed by atoms with van der Waals surface area (Å²) in [7, 11) is 0. The molecule has 0 aliphatic carbocycles. The Morgan fingerprint density at radius 1 is 0.380 bits per heavy atom. The van der Waals surface area contributed by atoms with Crippen molar-refractivity contribution in [1.82, 2.24) is 0 Å². The van der Waals surface area contributed by atoms with E-state index in [4.69, 9.17) is 27.4 Å². The van der Waals surface area contributed by atoms with E-state index in [0.29, 0.717) is 16.2 Å². The van der Waals surface area contributed by atoms with Crippen LogP contribution in [0, 0.1) is 0 Å². The fraction of sp³-hybridized carbons (Fsp3) is 0. The van der Waals surface area contributed by atoms with Crippen LogP contribution in [0.25, 0.3) is 74.7 Å². The minimum Gasteiger partial charge on any atom is -0.310 e. The summed E-state index contributed by atoms with van der Waals surface area (Å²) in [6, 6.07) is -30.3. The van der Waals surface area contributed by atoms with Crippen molar-refractivity contribution in [1.29, 1.82) is 0 Å². The minimum absolute atomic E-state index is 0.307. The highest BCUT2D eigenvalue weighted by Gasteiger charge is 2.19. The zero-order chi connectivity index (χ0) is 60.0. The highest BCUT2D eigenvalue weighted by molar-refractivity contribution is 7.26. The Balaban J connectivity index is 1.47. The monoisotopic (exact) mass is 684 g/mol. The van der Waals surface area contributed by atoms with Gasteiger partial charge in [0.25, 0.3) is 0 Å². The summed E-state index contributed by atoms with van der Waals surface area (Å²) in [5.41, 5.74) is -6.26. The van der Waals surface area contributed by atoms with E-state index in [1.165, 1.54) is 0 Å². The molecule has 0 radical (unpaired) electrons. The molecule has 0 spiro atoms. The predicted molar refractivity (Wildman–Crippen MR) is 217 cm³/mol. The molecule has 9 aromatic carbocycles. The number of para-hydroxylation sites is 1. The fourth-order valence-corrected chi connectivity index (χ4v) is 6.74. The Labute approximate surface area is 338 Å².